The van der Waals surface area contributed by atoms with E-state index in [-0.39, 0.29) is 12.7 Å². The fourth-order valence-corrected chi connectivity index (χ4v) is 0.930. The van der Waals surface area contributed by atoms with Gasteiger partial charge in [-0.3, -0.25) is 4.39 Å². The van der Waals surface area contributed by atoms with Crippen molar-refractivity contribution in [3.05, 3.63) is 0 Å². The normalized spacial score (nSPS) is 13.4. The highest BCUT2D eigenvalue weighted by Crippen LogP contribution is 1.89. The first-order valence-electron chi connectivity index (χ1n) is 3.69. The van der Waals surface area contributed by atoms with Crippen molar-refractivity contribution in [3.8, 4) is 0 Å². The first kappa shape index (κ1) is 11.1. The SMILES string of the molecule is COCC(CCl)NCCCF. The zero-order valence-electron chi connectivity index (χ0n) is 6.78. The van der Waals surface area contributed by atoms with Crippen LogP contribution in [0.3, 0.4) is 0 Å². The van der Waals surface area contributed by atoms with Crippen molar-refractivity contribution >= 4 is 11.6 Å². The van der Waals surface area contributed by atoms with Gasteiger partial charge in [0.2, 0.25) is 0 Å². The van der Waals surface area contributed by atoms with Crippen molar-refractivity contribution in [1.82, 2.24) is 5.32 Å². The Morgan fingerprint density at radius 2 is 2.36 bits per heavy atom. The highest BCUT2D eigenvalue weighted by atomic mass is 35.5. The van der Waals surface area contributed by atoms with Gasteiger partial charge in [-0.05, 0) is 13.0 Å². The number of hydrogen-bond donors (Lipinski definition) is 1. The number of ether oxygens (including phenoxy) is 1. The Kier molecular flexibility index (Phi) is 8.34. The van der Waals surface area contributed by atoms with Gasteiger partial charge in [0.15, 0.2) is 0 Å². The predicted molar refractivity (Wildman–Crippen MR) is 45.0 cm³/mol. The summed E-state index contributed by atoms with van der Waals surface area (Å²) in [5.41, 5.74) is 0. The summed E-state index contributed by atoms with van der Waals surface area (Å²) in [5.74, 6) is 0.500. The summed E-state index contributed by atoms with van der Waals surface area (Å²) >= 11 is 5.59. The van der Waals surface area contributed by atoms with Crippen molar-refractivity contribution in [1.29, 1.82) is 0 Å². The van der Waals surface area contributed by atoms with E-state index in [0.29, 0.717) is 25.5 Å². The van der Waals surface area contributed by atoms with Crippen LogP contribution in [0.15, 0.2) is 0 Å². The minimum absolute atomic E-state index is 0.146. The highest BCUT2D eigenvalue weighted by molar-refractivity contribution is 6.18. The number of halogens is 2. The molecule has 68 valence electrons. The fraction of sp³-hybridized carbons (Fsp3) is 1.00. The largest absolute Gasteiger partial charge is 0.383 e. The van der Waals surface area contributed by atoms with Crippen LogP contribution >= 0.6 is 11.6 Å². The third-order valence-electron chi connectivity index (χ3n) is 1.30. The molecule has 0 heterocycles. The number of alkyl halides is 2. The standard InChI is InChI=1S/C7H15ClFNO/c1-11-6-7(5-8)10-4-2-3-9/h7,10H,2-6H2,1H3. The van der Waals surface area contributed by atoms with Crippen LogP contribution in [0.5, 0.6) is 0 Å². The quantitative estimate of drug-likeness (QED) is 0.473. The summed E-state index contributed by atoms with van der Waals surface area (Å²) in [6.45, 7) is 0.960. The van der Waals surface area contributed by atoms with Crippen molar-refractivity contribution in [2.24, 2.45) is 0 Å². The molecule has 0 fully saturated rings. The summed E-state index contributed by atoms with van der Waals surface area (Å²) in [7, 11) is 1.62. The zero-order chi connectivity index (χ0) is 8.53. The van der Waals surface area contributed by atoms with Gasteiger partial charge in [0.05, 0.1) is 13.3 Å². The maximum absolute atomic E-state index is 11.6. The molecule has 0 amide bonds. The smallest absolute Gasteiger partial charge is 0.0906 e. The zero-order valence-corrected chi connectivity index (χ0v) is 7.53. The number of rotatable bonds is 7. The van der Waals surface area contributed by atoms with Crippen LogP contribution in [-0.4, -0.2) is 38.9 Å². The monoisotopic (exact) mass is 183 g/mol. The first-order valence-corrected chi connectivity index (χ1v) is 4.22. The second kappa shape index (κ2) is 8.24. The molecule has 0 rings (SSSR count). The summed E-state index contributed by atoms with van der Waals surface area (Å²) in [5, 5.41) is 3.07. The van der Waals surface area contributed by atoms with Gasteiger partial charge in [-0.1, -0.05) is 0 Å². The summed E-state index contributed by atoms with van der Waals surface area (Å²) in [6.07, 6.45) is 0.539. The molecule has 0 spiro atoms. The summed E-state index contributed by atoms with van der Waals surface area (Å²) in [6, 6.07) is 0.146. The van der Waals surface area contributed by atoms with Gasteiger partial charge in [0, 0.05) is 19.0 Å². The second-order valence-corrected chi connectivity index (χ2v) is 2.61. The Hall–Kier alpha value is 0.140. The molecule has 0 aliphatic heterocycles. The van der Waals surface area contributed by atoms with E-state index >= 15 is 0 Å². The van der Waals surface area contributed by atoms with E-state index in [1.165, 1.54) is 0 Å². The van der Waals surface area contributed by atoms with Gasteiger partial charge < -0.3 is 10.1 Å². The first-order chi connectivity index (χ1) is 5.35. The van der Waals surface area contributed by atoms with Crippen molar-refractivity contribution in [3.63, 3.8) is 0 Å². The van der Waals surface area contributed by atoms with Gasteiger partial charge in [0.1, 0.15) is 0 Å². The maximum atomic E-state index is 11.6. The second-order valence-electron chi connectivity index (χ2n) is 2.30. The molecule has 0 aliphatic carbocycles. The molecular weight excluding hydrogens is 169 g/mol. The van der Waals surface area contributed by atoms with E-state index in [2.05, 4.69) is 5.32 Å². The molecular formula is C7H15ClFNO. The lowest BCUT2D eigenvalue weighted by atomic mass is 10.3. The molecule has 0 aliphatic rings. The molecule has 1 N–H and O–H groups in total. The number of nitrogens with one attached hydrogen (secondary N) is 1. The van der Waals surface area contributed by atoms with Crippen LogP contribution in [-0.2, 0) is 4.74 Å². The van der Waals surface area contributed by atoms with Crippen molar-refractivity contribution in [2.45, 2.75) is 12.5 Å². The molecule has 1 atom stereocenters. The van der Waals surface area contributed by atoms with Gasteiger partial charge in [-0.15, -0.1) is 11.6 Å². The molecule has 0 aromatic carbocycles. The highest BCUT2D eigenvalue weighted by Gasteiger charge is 2.03. The molecule has 0 saturated carbocycles. The van der Waals surface area contributed by atoms with Gasteiger partial charge in [-0.25, -0.2) is 0 Å². The maximum Gasteiger partial charge on any atom is 0.0906 e. The molecule has 0 aromatic heterocycles. The lowest BCUT2D eigenvalue weighted by Crippen LogP contribution is -2.35. The van der Waals surface area contributed by atoms with Gasteiger partial charge >= 0.3 is 0 Å². The molecule has 0 radical (unpaired) electrons. The minimum Gasteiger partial charge on any atom is -0.383 e. The van der Waals surface area contributed by atoms with Crippen LogP contribution in [0.4, 0.5) is 4.39 Å². The predicted octanol–water partition coefficient (Wildman–Crippen LogP) is 1.19. The molecule has 4 heteroatoms. The van der Waals surface area contributed by atoms with Crippen molar-refractivity contribution < 1.29 is 9.13 Å². The summed E-state index contributed by atoms with van der Waals surface area (Å²) < 4.78 is 16.5. The Morgan fingerprint density at radius 1 is 1.64 bits per heavy atom. The topological polar surface area (TPSA) is 21.3 Å². The third kappa shape index (κ3) is 6.53. The Labute approximate surface area is 72.1 Å². The lowest BCUT2D eigenvalue weighted by molar-refractivity contribution is 0.173. The average Bonchev–Trinajstić information content (AvgIpc) is 2.03. The van der Waals surface area contributed by atoms with E-state index in [4.69, 9.17) is 16.3 Å². The Bertz CT molecular complexity index is 84.8. The Balaban J connectivity index is 3.20. The number of hydrogen-bond acceptors (Lipinski definition) is 2. The van der Waals surface area contributed by atoms with E-state index in [0.717, 1.165) is 0 Å². The summed E-state index contributed by atoms with van der Waals surface area (Å²) in [4.78, 5) is 0. The van der Waals surface area contributed by atoms with Gasteiger partial charge in [0.25, 0.3) is 0 Å². The van der Waals surface area contributed by atoms with Crippen LogP contribution in [0.25, 0.3) is 0 Å². The molecule has 11 heavy (non-hydrogen) atoms. The average molecular weight is 184 g/mol. The molecule has 2 nitrogen and oxygen atoms in total. The molecule has 0 saturated heterocycles. The van der Waals surface area contributed by atoms with Crippen LogP contribution in [0.1, 0.15) is 6.42 Å². The van der Waals surface area contributed by atoms with E-state index in [1.54, 1.807) is 7.11 Å². The van der Waals surface area contributed by atoms with E-state index < -0.39 is 0 Å². The molecule has 0 bridgehead atoms. The number of methoxy groups -OCH3 is 1. The Morgan fingerprint density at radius 3 is 2.82 bits per heavy atom. The third-order valence-corrected chi connectivity index (χ3v) is 1.67. The van der Waals surface area contributed by atoms with E-state index in [9.17, 15) is 4.39 Å². The molecule has 0 aromatic rings. The van der Waals surface area contributed by atoms with Crippen LogP contribution in [0.2, 0.25) is 0 Å². The van der Waals surface area contributed by atoms with Crippen LogP contribution < -0.4 is 5.32 Å². The lowest BCUT2D eigenvalue weighted by Gasteiger charge is -2.13. The van der Waals surface area contributed by atoms with Crippen molar-refractivity contribution in [2.75, 3.05) is 32.8 Å². The minimum atomic E-state index is -0.283. The van der Waals surface area contributed by atoms with Crippen LogP contribution in [0, 0.1) is 0 Å². The van der Waals surface area contributed by atoms with Gasteiger partial charge in [-0.2, -0.15) is 0 Å². The molecule has 1 unspecified atom stereocenters. The fourth-order valence-electron chi connectivity index (χ4n) is 0.732. The van der Waals surface area contributed by atoms with E-state index in [1.807, 2.05) is 0 Å².